The number of rotatable bonds is 4. The van der Waals surface area contributed by atoms with Crippen molar-refractivity contribution in [1.82, 2.24) is 10.2 Å². The van der Waals surface area contributed by atoms with Gasteiger partial charge < -0.3 is 10.2 Å². The summed E-state index contributed by atoms with van der Waals surface area (Å²) in [4.78, 5) is 27.6. The second-order valence-electron chi connectivity index (χ2n) is 7.48. The third-order valence-corrected chi connectivity index (χ3v) is 6.03. The SMILES string of the molecule is Cc1ccccc1CNC(=O)[C@@]1(C)CCCN(C(=O)c2ccccc2Br)C1. The van der Waals surface area contributed by atoms with E-state index in [9.17, 15) is 9.59 Å². The maximum atomic E-state index is 12.9. The van der Waals surface area contributed by atoms with Crippen LogP contribution >= 0.6 is 15.9 Å². The highest BCUT2D eigenvalue weighted by atomic mass is 79.9. The average Bonchev–Trinajstić information content (AvgIpc) is 2.67. The quantitative estimate of drug-likeness (QED) is 0.787. The van der Waals surface area contributed by atoms with Crippen molar-refractivity contribution in [1.29, 1.82) is 0 Å². The fraction of sp³-hybridized carbons (Fsp3) is 0.364. The zero-order valence-electron chi connectivity index (χ0n) is 15.8. The molecule has 27 heavy (non-hydrogen) atoms. The lowest BCUT2D eigenvalue weighted by Gasteiger charge is -2.39. The van der Waals surface area contributed by atoms with Gasteiger partial charge in [0.2, 0.25) is 5.91 Å². The lowest BCUT2D eigenvalue weighted by molar-refractivity contribution is -0.132. The Morgan fingerprint density at radius 3 is 2.59 bits per heavy atom. The number of carbonyl (C=O) groups excluding carboxylic acids is 2. The number of nitrogens with zero attached hydrogens (tertiary/aromatic N) is 1. The van der Waals surface area contributed by atoms with Crippen LogP contribution in [0.2, 0.25) is 0 Å². The zero-order chi connectivity index (χ0) is 19.4. The van der Waals surface area contributed by atoms with Gasteiger partial charge >= 0.3 is 0 Å². The summed E-state index contributed by atoms with van der Waals surface area (Å²) < 4.78 is 0.784. The van der Waals surface area contributed by atoms with Gasteiger partial charge in [0.1, 0.15) is 0 Å². The molecule has 2 aromatic rings. The van der Waals surface area contributed by atoms with E-state index in [2.05, 4.69) is 21.2 Å². The maximum Gasteiger partial charge on any atom is 0.255 e. The van der Waals surface area contributed by atoms with Crippen LogP contribution in [-0.2, 0) is 11.3 Å². The summed E-state index contributed by atoms with van der Waals surface area (Å²) in [5.41, 5.74) is 2.35. The van der Waals surface area contributed by atoms with E-state index in [0.29, 0.717) is 25.2 Å². The second-order valence-corrected chi connectivity index (χ2v) is 8.33. The predicted molar refractivity (Wildman–Crippen MR) is 110 cm³/mol. The molecule has 0 saturated carbocycles. The normalized spacial score (nSPS) is 19.6. The number of aryl methyl sites for hydroxylation is 1. The fourth-order valence-electron chi connectivity index (χ4n) is 3.60. The van der Waals surface area contributed by atoms with E-state index in [1.54, 1.807) is 4.90 Å². The van der Waals surface area contributed by atoms with Crippen LogP contribution in [0.15, 0.2) is 53.0 Å². The summed E-state index contributed by atoms with van der Waals surface area (Å²) in [5.74, 6) is -0.0181. The van der Waals surface area contributed by atoms with E-state index in [-0.39, 0.29) is 11.8 Å². The molecule has 1 saturated heterocycles. The Bertz CT molecular complexity index is 852. The third-order valence-electron chi connectivity index (χ3n) is 5.34. The van der Waals surface area contributed by atoms with Crippen molar-refractivity contribution in [2.24, 2.45) is 5.41 Å². The van der Waals surface area contributed by atoms with Crippen LogP contribution in [0.4, 0.5) is 0 Å². The highest BCUT2D eigenvalue weighted by molar-refractivity contribution is 9.10. The van der Waals surface area contributed by atoms with E-state index < -0.39 is 5.41 Å². The molecule has 1 aliphatic heterocycles. The van der Waals surface area contributed by atoms with Crippen LogP contribution in [0, 0.1) is 12.3 Å². The van der Waals surface area contributed by atoms with Gasteiger partial charge in [0.25, 0.3) is 5.91 Å². The molecule has 1 aliphatic rings. The molecule has 0 radical (unpaired) electrons. The van der Waals surface area contributed by atoms with Crippen molar-refractivity contribution in [2.45, 2.75) is 33.2 Å². The number of piperidine rings is 1. The Morgan fingerprint density at radius 1 is 1.15 bits per heavy atom. The Kier molecular flexibility index (Phi) is 6.00. The van der Waals surface area contributed by atoms with Gasteiger partial charge in [-0.05, 0) is 65.9 Å². The van der Waals surface area contributed by atoms with Crippen molar-refractivity contribution in [2.75, 3.05) is 13.1 Å². The standard InChI is InChI=1S/C22H25BrN2O2/c1-16-8-3-4-9-17(16)14-24-21(27)22(2)12-7-13-25(15-22)20(26)18-10-5-6-11-19(18)23/h3-6,8-11H,7,12-15H2,1-2H3,(H,24,27)/t22-/m0/s1. The fourth-order valence-corrected chi connectivity index (χ4v) is 4.05. The van der Waals surface area contributed by atoms with Crippen LogP contribution in [0.5, 0.6) is 0 Å². The number of hydrogen-bond donors (Lipinski definition) is 1. The molecule has 1 N–H and O–H groups in total. The molecule has 3 rings (SSSR count). The number of carbonyl (C=O) groups is 2. The molecule has 0 spiro atoms. The first-order valence-corrected chi connectivity index (χ1v) is 10.1. The average molecular weight is 429 g/mol. The first kappa shape index (κ1) is 19.6. The van der Waals surface area contributed by atoms with Gasteiger partial charge in [-0.3, -0.25) is 9.59 Å². The Morgan fingerprint density at radius 2 is 1.85 bits per heavy atom. The molecule has 142 valence electrons. The predicted octanol–water partition coefficient (Wildman–Crippen LogP) is 4.32. The minimum atomic E-state index is -0.572. The molecule has 4 nitrogen and oxygen atoms in total. The van der Waals surface area contributed by atoms with Crippen molar-refractivity contribution in [3.05, 3.63) is 69.7 Å². The van der Waals surface area contributed by atoms with Gasteiger partial charge in [-0.15, -0.1) is 0 Å². The topological polar surface area (TPSA) is 49.4 Å². The van der Waals surface area contributed by atoms with E-state index >= 15 is 0 Å². The zero-order valence-corrected chi connectivity index (χ0v) is 17.4. The monoisotopic (exact) mass is 428 g/mol. The molecular formula is C22H25BrN2O2. The Balaban J connectivity index is 1.68. The minimum Gasteiger partial charge on any atom is -0.351 e. The van der Waals surface area contributed by atoms with Gasteiger partial charge in [0, 0.05) is 24.1 Å². The summed E-state index contributed by atoms with van der Waals surface area (Å²) in [6.07, 6.45) is 1.61. The van der Waals surface area contributed by atoms with Crippen molar-refractivity contribution in [3.8, 4) is 0 Å². The molecule has 0 unspecified atom stereocenters. The highest BCUT2D eigenvalue weighted by Crippen LogP contribution is 2.31. The first-order valence-electron chi connectivity index (χ1n) is 9.27. The van der Waals surface area contributed by atoms with Gasteiger partial charge in [0.15, 0.2) is 0 Å². The number of nitrogens with one attached hydrogen (secondary N) is 1. The second kappa shape index (κ2) is 8.26. The molecule has 1 atom stereocenters. The third kappa shape index (κ3) is 4.41. The summed E-state index contributed by atoms with van der Waals surface area (Å²) >= 11 is 3.45. The Labute approximate surface area is 169 Å². The molecular weight excluding hydrogens is 404 g/mol. The van der Waals surface area contributed by atoms with Crippen molar-refractivity contribution < 1.29 is 9.59 Å². The van der Waals surface area contributed by atoms with E-state index in [1.807, 2.05) is 62.4 Å². The molecule has 1 heterocycles. The largest absolute Gasteiger partial charge is 0.351 e. The van der Waals surface area contributed by atoms with Crippen LogP contribution < -0.4 is 5.32 Å². The van der Waals surface area contributed by atoms with Crippen LogP contribution in [0.25, 0.3) is 0 Å². The van der Waals surface area contributed by atoms with E-state index in [1.165, 1.54) is 0 Å². The lowest BCUT2D eigenvalue weighted by Crippen LogP contribution is -2.51. The summed E-state index contributed by atoms with van der Waals surface area (Å²) in [7, 11) is 0. The summed E-state index contributed by atoms with van der Waals surface area (Å²) in [6, 6.07) is 15.5. The molecule has 0 bridgehead atoms. The number of likely N-dealkylation sites (tertiary alicyclic amines) is 1. The number of halogens is 1. The number of amides is 2. The molecule has 5 heteroatoms. The molecule has 0 aliphatic carbocycles. The Hall–Kier alpha value is -2.14. The first-order chi connectivity index (χ1) is 12.9. The molecule has 1 fully saturated rings. The van der Waals surface area contributed by atoms with Crippen LogP contribution in [-0.4, -0.2) is 29.8 Å². The van der Waals surface area contributed by atoms with Gasteiger partial charge in [-0.1, -0.05) is 36.4 Å². The van der Waals surface area contributed by atoms with Crippen molar-refractivity contribution >= 4 is 27.7 Å². The van der Waals surface area contributed by atoms with Gasteiger partial charge in [-0.25, -0.2) is 0 Å². The highest BCUT2D eigenvalue weighted by Gasteiger charge is 2.39. The van der Waals surface area contributed by atoms with Crippen LogP contribution in [0.3, 0.4) is 0 Å². The van der Waals surface area contributed by atoms with Crippen molar-refractivity contribution in [3.63, 3.8) is 0 Å². The van der Waals surface area contributed by atoms with Crippen LogP contribution in [0.1, 0.15) is 41.3 Å². The van der Waals surface area contributed by atoms with Gasteiger partial charge in [-0.2, -0.15) is 0 Å². The number of benzene rings is 2. The smallest absolute Gasteiger partial charge is 0.255 e. The molecule has 2 aromatic carbocycles. The summed E-state index contributed by atoms with van der Waals surface area (Å²) in [6.45, 7) is 5.63. The lowest BCUT2D eigenvalue weighted by atomic mass is 9.80. The van der Waals surface area contributed by atoms with E-state index in [4.69, 9.17) is 0 Å². The maximum absolute atomic E-state index is 12.9. The molecule has 0 aromatic heterocycles. The summed E-state index contributed by atoms with van der Waals surface area (Å²) in [5, 5.41) is 3.07. The number of hydrogen-bond acceptors (Lipinski definition) is 2. The minimum absolute atomic E-state index is 0.00961. The van der Waals surface area contributed by atoms with E-state index in [0.717, 1.165) is 28.4 Å². The molecule has 2 amide bonds. The van der Waals surface area contributed by atoms with Gasteiger partial charge in [0.05, 0.1) is 11.0 Å².